The van der Waals surface area contributed by atoms with E-state index in [2.05, 4.69) is 0 Å². The highest BCUT2D eigenvalue weighted by molar-refractivity contribution is 6.35. The summed E-state index contributed by atoms with van der Waals surface area (Å²) in [6.07, 6.45) is 3.09. The zero-order chi connectivity index (χ0) is 18.1. The summed E-state index contributed by atoms with van der Waals surface area (Å²) in [6, 6.07) is 13.8. The van der Waals surface area contributed by atoms with Gasteiger partial charge in [-0.2, -0.15) is 0 Å². The number of carbonyl (C=O) groups is 1. The first-order valence-corrected chi connectivity index (χ1v) is 8.55. The molecule has 0 N–H and O–H groups in total. The highest BCUT2D eigenvalue weighted by Gasteiger charge is 2.28. The summed E-state index contributed by atoms with van der Waals surface area (Å²) < 4.78 is 16.6. The third-order valence-electron chi connectivity index (χ3n) is 3.90. The molecule has 1 aliphatic rings. The smallest absolute Gasteiger partial charge is 0.232 e. The molecule has 0 saturated carbocycles. The van der Waals surface area contributed by atoms with Crippen LogP contribution in [0.5, 0.6) is 11.5 Å². The van der Waals surface area contributed by atoms with Crippen LogP contribution in [-0.2, 0) is 6.61 Å². The Kier molecular flexibility index (Phi) is 4.45. The fourth-order valence-corrected chi connectivity index (χ4v) is 3.09. The summed E-state index contributed by atoms with van der Waals surface area (Å²) in [7, 11) is 0. The molecule has 1 aliphatic heterocycles. The van der Waals surface area contributed by atoms with Crippen LogP contribution in [0.15, 0.2) is 65.0 Å². The van der Waals surface area contributed by atoms with Crippen LogP contribution >= 0.6 is 23.2 Å². The van der Waals surface area contributed by atoms with Gasteiger partial charge in [-0.05, 0) is 36.4 Å². The van der Waals surface area contributed by atoms with Crippen LogP contribution in [0.25, 0.3) is 6.08 Å². The van der Waals surface area contributed by atoms with Gasteiger partial charge in [0.25, 0.3) is 0 Å². The number of ether oxygens (including phenoxy) is 2. The Hall–Kier alpha value is -2.69. The molecule has 4 nitrogen and oxygen atoms in total. The SMILES string of the molecule is O=C1C(=Cc2ccco2)Oc2cc(OCc3c(Cl)cccc3Cl)ccc21. The first-order chi connectivity index (χ1) is 12.6. The number of hydrogen-bond acceptors (Lipinski definition) is 4. The molecular formula is C20H12Cl2O4. The van der Waals surface area contributed by atoms with E-state index in [0.717, 1.165) is 0 Å². The normalized spacial score (nSPS) is 14.4. The topological polar surface area (TPSA) is 48.7 Å². The fraction of sp³-hybridized carbons (Fsp3) is 0.0500. The van der Waals surface area contributed by atoms with Crippen molar-refractivity contribution in [3.05, 3.63) is 87.5 Å². The maximum absolute atomic E-state index is 12.4. The van der Waals surface area contributed by atoms with E-state index < -0.39 is 0 Å². The van der Waals surface area contributed by atoms with Crippen LogP contribution in [0.3, 0.4) is 0 Å². The Labute approximate surface area is 159 Å². The van der Waals surface area contributed by atoms with Gasteiger partial charge in [0.2, 0.25) is 5.78 Å². The molecule has 4 rings (SSSR count). The van der Waals surface area contributed by atoms with Gasteiger partial charge in [0.15, 0.2) is 5.76 Å². The zero-order valence-electron chi connectivity index (χ0n) is 13.4. The van der Waals surface area contributed by atoms with Gasteiger partial charge in [-0.15, -0.1) is 0 Å². The predicted octanol–water partition coefficient (Wildman–Crippen LogP) is 5.78. The second-order valence-corrected chi connectivity index (χ2v) is 6.42. The molecule has 130 valence electrons. The molecule has 0 saturated heterocycles. The maximum Gasteiger partial charge on any atom is 0.232 e. The lowest BCUT2D eigenvalue weighted by Crippen LogP contribution is -1.98. The molecule has 0 radical (unpaired) electrons. The van der Waals surface area contributed by atoms with E-state index in [-0.39, 0.29) is 18.1 Å². The van der Waals surface area contributed by atoms with E-state index in [1.165, 1.54) is 6.26 Å². The molecule has 2 heterocycles. The van der Waals surface area contributed by atoms with Crippen LogP contribution in [0.2, 0.25) is 10.0 Å². The molecule has 3 aromatic rings. The molecule has 0 fully saturated rings. The van der Waals surface area contributed by atoms with Crippen molar-refractivity contribution in [2.45, 2.75) is 6.61 Å². The van der Waals surface area contributed by atoms with E-state index in [0.29, 0.717) is 38.4 Å². The molecule has 6 heteroatoms. The van der Waals surface area contributed by atoms with Gasteiger partial charge in [0, 0.05) is 27.8 Å². The summed E-state index contributed by atoms with van der Waals surface area (Å²) in [5, 5.41) is 1.07. The zero-order valence-corrected chi connectivity index (χ0v) is 14.9. The minimum Gasteiger partial charge on any atom is -0.489 e. The molecule has 1 aromatic heterocycles. The third-order valence-corrected chi connectivity index (χ3v) is 4.61. The van der Waals surface area contributed by atoms with E-state index in [1.54, 1.807) is 54.6 Å². The average molecular weight is 387 g/mol. The Morgan fingerprint density at radius 3 is 2.58 bits per heavy atom. The fourth-order valence-electron chi connectivity index (χ4n) is 2.59. The van der Waals surface area contributed by atoms with Crippen molar-refractivity contribution in [2.75, 3.05) is 0 Å². The van der Waals surface area contributed by atoms with Crippen LogP contribution in [0, 0.1) is 0 Å². The summed E-state index contributed by atoms with van der Waals surface area (Å²) in [4.78, 5) is 12.4. The van der Waals surface area contributed by atoms with E-state index in [4.69, 9.17) is 37.1 Å². The standard InChI is InChI=1S/C20H12Cl2O4/c21-16-4-1-5-17(22)15(16)11-25-13-6-7-14-18(9-13)26-19(20(14)23)10-12-3-2-8-24-12/h1-10H,11H2. The number of fused-ring (bicyclic) bond motifs is 1. The first-order valence-electron chi connectivity index (χ1n) is 7.79. The minimum atomic E-state index is -0.197. The Morgan fingerprint density at radius 1 is 1.04 bits per heavy atom. The lowest BCUT2D eigenvalue weighted by atomic mass is 10.1. The van der Waals surface area contributed by atoms with Crippen molar-refractivity contribution >= 4 is 35.1 Å². The first kappa shape index (κ1) is 16.8. The van der Waals surface area contributed by atoms with E-state index in [1.807, 2.05) is 0 Å². The Morgan fingerprint density at radius 2 is 1.85 bits per heavy atom. The van der Waals surface area contributed by atoms with Crippen molar-refractivity contribution < 1.29 is 18.7 Å². The number of carbonyl (C=O) groups excluding carboxylic acids is 1. The number of allylic oxidation sites excluding steroid dienone is 1. The van der Waals surface area contributed by atoms with Gasteiger partial charge in [-0.3, -0.25) is 4.79 Å². The molecule has 0 spiro atoms. The quantitative estimate of drug-likeness (QED) is 0.533. The van der Waals surface area contributed by atoms with Gasteiger partial charge in [0.1, 0.15) is 23.9 Å². The molecule has 2 aromatic carbocycles. The molecule has 0 bridgehead atoms. The van der Waals surface area contributed by atoms with Crippen LogP contribution in [0.4, 0.5) is 0 Å². The van der Waals surface area contributed by atoms with Gasteiger partial charge in [0.05, 0.1) is 11.8 Å². The van der Waals surface area contributed by atoms with E-state index in [9.17, 15) is 4.79 Å². The number of rotatable bonds is 4. The molecule has 0 amide bonds. The summed E-state index contributed by atoms with van der Waals surface area (Å²) in [6.45, 7) is 0.209. The van der Waals surface area contributed by atoms with Gasteiger partial charge < -0.3 is 13.9 Å². The Bertz CT molecular complexity index is 986. The monoisotopic (exact) mass is 386 g/mol. The van der Waals surface area contributed by atoms with Gasteiger partial charge in [-0.1, -0.05) is 29.3 Å². The maximum atomic E-state index is 12.4. The Balaban J connectivity index is 1.54. The molecule has 0 aliphatic carbocycles. The van der Waals surface area contributed by atoms with Crippen LogP contribution in [0.1, 0.15) is 21.7 Å². The van der Waals surface area contributed by atoms with Crippen LogP contribution in [-0.4, -0.2) is 5.78 Å². The summed E-state index contributed by atoms with van der Waals surface area (Å²) >= 11 is 12.3. The molecule has 0 unspecified atom stereocenters. The lowest BCUT2D eigenvalue weighted by Gasteiger charge is -2.10. The second-order valence-electron chi connectivity index (χ2n) is 5.60. The number of benzene rings is 2. The van der Waals surface area contributed by atoms with Crippen molar-refractivity contribution in [3.8, 4) is 11.5 Å². The van der Waals surface area contributed by atoms with Gasteiger partial charge in [-0.25, -0.2) is 0 Å². The molecular weight excluding hydrogens is 375 g/mol. The lowest BCUT2D eigenvalue weighted by molar-refractivity contribution is 0.101. The van der Waals surface area contributed by atoms with Crippen LogP contribution < -0.4 is 9.47 Å². The minimum absolute atomic E-state index is 0.197. The van der Waals surface area contributed by atoms with Crippen molar-refractivity contribution in [1.82, 2.24) is 0 Å². The molecule has 26 heavy (non-hydrogen) atoms. The highest BCUT2D eigenvalue weighted by Crippen LogP contribution is 2.35. The predicted molar refractivity (Wildman–Crippen MR) is 98.9 cm³/mol. The number of furan rings is 1. The largest absolute Gasteiger partial charge is 0.489 e. The second kappa shape index (κ2) is 6.90. The number of Topliss-reactive ketones (excluding diaryl/α,β-unsaturated/α-hetero) is 1. The highest BCUT2D eigenvalue weighted by atomic mass is 35.5. The van der Waals surface area contributed by atoms with Crippen molar-refractivity contribution in [3.63, 3.8) is 0 Å². The average Bonchev–Trinajstić information content (AvgIpc) is 3.23. The summed E-state index contributed by atoms with van der Waals surface area (Å²) in [5.41, 5.74) is 1.18. The van der Waals surface area contributed by atoms with Crippen molar-refractivity contribution in [1.29, 1.82) is 0 Å². The van der Waals surface area contributed by atoms with Gasteiger partial charge >= 0.3 is 0 Å². The summed E-state index contributed by atoms with van der Waals surface area (Å²) in [5.74, 6) is 1.55. The van der Waals surface area contributed by atoms with E-state index >= 15 is 0 Å². The number of halogens is 2. The number of ketones is 1. The number of hydrogen-bond donors (Lipinski definition) is 0. The third kappa shape index (κ3) is 3.21. The molecule has 0 atom stereocenters. The van der Waals surface area contributed by atoms with Crippen molar-refractivity contribution in [2.24, 2.45) is 0 Å².